The molecule has 0 spiro atoms. The number of amides is 1. The lowest BCUT2D eigenvalue weighted by Gasteiger charge is -2.32. The lowest BCUT2D eigenvalue weighted by molar-refractivity contribution is -0.131. The van der Waals surface area contributed by atoms with Gasteiger partial charge in [-0.1, -0.05) is 49.6 Å². The number of carbonyl (C=O) groups is 1. The van der Waals surface area contributed by atoms with E-state index in [9.17, 15) is 4.79 Å². The molecular formula is C17H25NOS. The van der Waals surface area contributed by atoms with E-state index >= 15 is 0 Å². The van der Waals surface area contributed by atoms with Crippen LogP contribution in [0.25, 0.3) is 0 Å². The van der Waals surface area contributed by atoms with E-state index in [0.717, 1.165) is 5.75 Å². The second kappa shape index (κ2) is 7.72. The van der Waals surface area contributed by atoms with Gasteiger partial charge in [-0.15, -0.1) is 11.8 Å². The summed E-state index contributed by atoms with van der Waals surface area (Å²) in [6.07, 6.45) is 6.23. The van der Waals surface area contributed by atoms with Gasteiger partial charge >= 0.3 is 0 Å². The monoisotopic (exact) mass is 291 g/mol. The molecular weight excluding hydrogens is 266 g/mol. The molecule has 1 aromatic rings. The van der Waals surface area contributed by atoms with E-state index < -0.39 is 0 Å². The van der Waals surface area contributed by atoms with Crippen molar-refractivity contribution in [2.75, 3.05) is 7.05 Å². The quantitative estimate of drug-likeness (QED) is 0.814. The zero-order valence-corrected chi connectivity index (χ0v) is 13.4. The van der Waals surface area contributed by atoms with Crippen molar-refractivity contribution in [3.8, 4) is 0 Å². The number of carbonyl (C=O) groups excluding carboxylic acids is 1. The standard InChI is InChI=1S/C17H25NOS/c1-14(20-13-15-9-5-3-6-10-15)17(19)18(2)16-11-7-4-8-12-16/h3,5-6,9-10,14,16H,4,7-8,11-13H2,1-2H3/t14-/m0/s1. The molecule has 1 aliphatic carbocycles. The highest BCUT2D eigenvalue weighted by atomic mass is 32.2. The van der Waals surface area contributed by atoms with E-state index in [4.69, 9.17) is 0 Å². The number of hydrogen-bond donors (Lipinski definition) is 0. The molecule has 0 unspecified atom stereocenters. The molecule has 2 rings (SSSR count). The largest absolute Gasteiger partial charge is 0.342 e. The fourth-order valence-corrected chi connectivity index (χ4v) is 3.75. The van der Waals surface area contributed by atoms with Crippen LogP contribution in [0.4, 0.5) is 0 Å². The van der Waals surface area contributed by atoms with Crippen molar-refractivity contribution in [2.45, 2.75) is 56.1 Å². The van der Waals surface area contributed by atoms with Crippen molar-refractivity contribution in [1.29, 1.82) is 0 Å². The Kier molecular flexibility index (Phi) is 5.96. The van der Waals surface area contributed by atoms with Crippen LogP contribution in [0.1, 0.15) is 44.6 Å². The van der Waals surface area contributed by atoms with Gasteiger partial charge in [-0.05, 0) is 25.3 Å². The van der Waals surface area contributed by atoms with Crippen LogP contribution >= 0.6 is 11.8 Å². The van der Waals surface area contributed by atoms with E-state index in [1.807, 2.05) is 24.9 Å². The average molecular weight is 291 g/mol. The molecule has 0 aliphatic heterocycles. The molecule has 0 saturated heterocycles. The third-order valence-electron chi connectivity index (χ3n) is 4.16. The number of rotatable bonds is 5. The fraction of sp³-hybridized carbons (Fsp3) is 0.588. The molecule has 1 atom stereocenters. The van der Waals surface area contributed by atoms with Gasteiger partial charge < -0.3 is 4.90 Å². The normalized spacial score (nSPS) is 17.7. The minimum absolute atomic E-state index is 0.0436. The maximum Gasteiger partial charge on any atom is 0.235 e. The second-order valence-corrected chi connectivity index (χ2v) is 7.01. The first kappa shape index (κ1) is 15.4. The summed E-state index contributed by atoms with van der Waals surface area (Å²) >= 11 is 1.74. The molecule has 110 valence electrons. The van der Waals surface area contributed by atoms with E-state index in [1.54, 1.807) is 11.8 Å². The maximum absolute atomic E-state index is 12.5. The first-order valence-corrected chi connectivity index (χ1v) is 8.65. The number of thioether (sulfide) groups is 1. The Morgan fingerprint density at radius 2 is 1.90 bits per heavy atom. The van der Waals surface area contributed by atoms with Crippen molar-refractivity contribution >= 4 is 17.7 Å². The summed E-state index contributed by atoms with van der Waals surface area (Å²) in [6, 6.07) is 10.8. The molecule has 1 aromatic carbocycles. The van der Waals surface area contributed by atoms with Crippen LogP contribution in [-0.4, -0.2) is 29.1 Å². The van der Waals surface area contributed by atoms with Crippen LogP contribution in [0.3, 0.4) is 0 Å². The van der Waals surface area contributed by atoms with Crippen LogP contribution in [0, 0.1) is 0 Å². The zero-order chi connectivity index (χ0) is 14.4. The number of hydrogen-bond acceptors (Lipinski definition) is 2. The van der Waals surface area contributed by atoms with Crippen LogP contribution in [0.5, 0.6) is 0 Å². The van der Waals surface area contributed by atoms with Gasteiger partial charge in [0, 0.05) is 18.8 Å². The van der Waals surface area contributed by atoms with Crippen LogP contribution in [-0.2, 0) is 10.5 Å². The van der Waals surface area contributed by atoms with Gasteiger partial charge in [0.2, 0.25) is 5.91 Å². The minimum atomic E-state index is 0.0436. The third kappa shape index (κ3) is 4.27. The first-order valence-electron chi connectivity index (χ1n) is 7.60. The summed E-state index contributed by atoms with van der Waals surface area (Å²) in [6.45, 7) is 2.04. The van der Waals surface area contributed by atoms with Gasteiger partial charge in [-0.25, -0.2) is 0 Å². The van der Waals surface area contributed by atoms with Gasteiger partial charge in [0.25, 0.3) is 0 Å². The molecule has 3 heteroatoms. The average Bonchev–Trinajstić information content (AvgIpc) is 2.53. The molecule has 1 amide bonds. The van der Waals surface area contributed by atoms with Crippen molar-refractivity contribution < 1.29 is 4.79 Å². The molecule has 2 nitrogen and oxygen atoms in total. The van der Waals surface area contributed by atoms with E-state index in [2.05, 4.69) is 24.3 Å². The third-order valence-corrected chi connectivity index (χ3v) is 5.36. The lowest BCUT2D eigenvalue weighted by atomic mass is 9.94. The highest BCUT2D eigenvalue weighted by Crippen LogP contribution is 2.25. The Hall–Kier alpha value is -0.960. The topological polar surface area (TPSA) is 20.3 Å². The summed E-state index contributed by atoms with van der Waals surface area (Å²) in [5.74, 6) is 1.20. The number of nitrogens with zero attached hydrogens (tertiary/aromatic N) is 1. The smallest absolute Gasteiger partial charge is 0.235 e. The minimum Gasteiger partial charge on any atom is -0.342 e. The Morgan fingerprint density at radius 3 is 2.55 bits per heavy atom. The zero-order valence-electron chi connectivity index (χ0n) is 12.5. The molecule has 0 aromatic heterocycles. The van der Waals surface area contributed by atoms with E-state index in [0.29, 0.717) is 6.04 Å². The molecule has 0 heterocycles. The predicted molar refractivity (Wildman–Crippen MR) is 86.8 cm³/mol. The fourth-order valence-electron chi connectivity index (χ4n) is 2.80. The van der Waals surface area contributed by atoms with Crippen LogP contribution in [0.15, 0.2) is 30.3 Å². The Bertz CT molecular complexity index is 414. The molecule has 20 heavy (non-hydrogen) atoms. The summed E-state index contributed by atoms with van der Waals surface area (Å²) < 4.78 is 0. The molecule has 1 saturated carbocycles. The molecule has 1 aliphatic rings. The maximum atomic E-state index is 12.5. The molecule has 0 radical (unpaired) electrons. The highest BCUT2D eigenvalue weighted by Gasteiger charge is 2.25. The lowest BCUT2D eigenvalue weighted by Crippen LogP contribution is -2.42. The first-order chi connectivity index (χ1) is 9.68. The summed E-state index contributed by atoms with van der Waals surface area (Å²) in [4.78, 5) is 14.5. The Balaban J connectivity index is 1.81. The van der Waals surface area contributed by atoms with Crippen molar-refractivity contribution in [3.05, 3.63) is 35.9 Å². The van der Waals surface area contributed by atoms with Gasteiger partial charge in [0.15, 0.2) is 0 Å². The molecule has 1 fully saturated rings. The Morgan fingerprint density at radius 1 is 1.25 bits per heavy atom. The van der Waals surface area contributed by atoms with Gasteiger partial charge in [-0.3, -0.25) is 4.79 Å². The van der Waals surface area contributed by atoms with Gasteiger partial charge in [0.1, 0.15) is 0 Å². The highest BCUT2D eigenvalue weighted by molar-refractivity contribution is 7.99. The SMILES string of the molecule is C[C@H](SCc1ccccc1)C(=O)N(C)C1CCCCC1. The van der Waals surface area contributed by atoms with Gasteiger partial charge in [0.05, 0.1) is 5.25 Å². The van der Waals surface area contributed by atoms with Gasteiger partial charge in [-0.2, -0.15) is 0 Å². The summed E-state index contributed by atoms with van der Waals surface area (Å²) in [5, 5.41) is 0.0436. The van der Waals surface area contributed by atoms with Crippen molar-refractivity contribution in [1.82, 2.24) is 4.90 Å². The Labute approximate surface area is 126 Å². The van der Waals surface area contributed by atoms with Crippen LogP contribution in [0.2, 0.25) is 0 Å². The summed E-state index contributed by atoms with van der Waals surface area (Å²) in [7, 11) is 1.98. The number of benzene rings is 1. The van der Waals surface area contributed by atoms with E-state index in [1.165, 1.54) is 37.7 Å². The predicted octanol–water partition coefficient (Wildman–Crippen LogP) is 4.10. The van der Waals surface area contributed by atoms with Crippen molar-refractivity contribution in [3.63, 3.8) is 0 Å². The van der Waals surface area contributed by atoms with Crippen LogP contribution < -0.4 is 0 Å². The molecule has 0 bridgehead atoms. The van der Waals surface area contributed by atoms with E-state index in [-0.39, 0.29) is 11.2 Å². The van der Waals surface area contributed by atoms with Crippen molar-refractivity contribution in [2.24, 2.45) is 0 Å². The molecule has 0 N–H and O–H groups in total. The summed E-state index contributed by atoms with van der Waals surface area (Å²) in [5.41, 5.74) is 1.29. The second-order valence-electron chi connectivity index (χ2n) is 5.68.